The van der Waals surface area contributed by atoms with Gasteiger partial charge in [-0.25, -0.2) is 22.6 Å². The zero-order valence-corrected chi connectivity index (χ0v) is 19.3. The molecule has 0 saturated heterocycles. The minimum atomic E-state index is -4.28. The Kier molecular flexibility index (Phi) is 7.69. The summed E-state index contributed by atoms with van der Waals surface area (Å²) in [6.45, 7) is 2.19. The van der Waals surface area contributed by atoms with Crippen LogP contribution in [0.1, 0.15) is 23.6 Å². The third kappa shape index (κ3) is 6.00. The van der Waals surface area contributed by atoms with E-state index in [-0.39, 0.29) is 17.9 Å². The molecule has 1 aliphatic rings. The normalized spacial score (nSPS) is 13.1. The zero-order valence-electron chi connectivity index (χ0n) is 18.4. The second-order valence-electron chi connectivity index (χ2n) is 7.23. The Bertz CT molecular complexity index is 1250. The zero-order chi connectivity index (χ0) is 24.9. The van der Waals surface area contributed by atoms with Crippen LogP contribution in [0.25, 0.3) is 6.08 Å². The van der Waals surface area contributed by atoms with E-state index in [0.29, 0.717) is 35.1 Å². The predicted molar refractivity (Wildman–Crippen MR) is 121 cm³/mol. The van der Waals surface area contributed by atoms with Gasteiger partial charge in [-0.3, -0.25) is 14.4 Å². The lowest BCUT2D eigenvalue weighted by Gasteiger charge is -2.18. The number of fused-ring (bicyclic) bond motifs is 1. The van der Waals surface area contributed by atoms with Crippen molar-refractivity contribution < 1.29 is 37.1 Å². The van der Waals surface area contributed by atoms with Gasteiger partial charge in [-0.15, -0.1) is 0 Å². The number of aliphatic hydroxyl groups excluding tert-OH is 1. The number of benzene rings is 2. The number of ether oxygens (including phenoxy) is 1. The number of hydrogen-bond donors (Lipinski definition) is 2. The van der Waals surface area contributed by atoms with Crippen molar-refractivity contribution in [1.29, 1.82) is 0 Å². The van der Waals surface area contributed by atoms with E-state index in [2.05, 4.69) is 0 Å². The maximum Gasteiger partial charge on any atom is 0.300 e. The van der Waals surface area contributed by atoms with Crippen molar-refractivity contribution in [1.82, 2.24) is 9.79 Å². The van der Waals surface area contributed by atoms with E-state index >= 15 is 0 Å². The highest BCUT2D eigenvalue weighted by atomic mass is 32.2. The number of nitrogens with one attached hydrogen (secondary N) is 1. The number of hydroxylamine groups is 2. The molecule has 2 aromatic rings. The molecule has 9 nitrogen and oxygen atoms in total. The number of sulfonamides is 1. The largest absolute Gasteiger partial charge is 0.503 e. The molecule has 0 spiro atoms. The molecule has 34 heavy (non-hydrogen) atoms. The molecule has 0 unspecified atom stereocenters. The fraction of sp³-hybridized carbons (Fsp3) is 0.217. The van der Waals surface area contributed by atoms with Crippen LogP contribution in [0.4, 0.5) is 4.39 Å². The van der Waals surface area contributed by atoms with Crippen molar-refractivity contribution in [2.75, 3.05) is 13.7 Å². The van der Waals surface area contributed by atoms with Gasteiger partial charge in [-0.1, -0.05) is 18.2 Å². The minimum absolute atomic E-state index is 0.0391. The van der Waals surface area contributed by atoms with Gasteiger partial charge in [-0.05, 0) is 54.0 Å². The van der Waals surface area contributed by atoms with Gasteiger partial charge in [0.1, 0.15) is 11.6 Å². The van der Waals surface area contributed by atoms with Crippen LogP contribution in [0.15, 0.2) is 59.2 Å². The van der Waals surface area contributed by atoms with Crippen LogP contribution in [-0.4, -0.2) is 44.1 Å². The summed E-state index contributed by atoms with van der Waals surface area (Å²) in [7, 11) is -3.09. The van der Waals surface area contributed by atoms with Crippen molar-refractivity contribution in [3.8, 4) is 5.75 Å². The van der Waals surface area contributed by atoms with E-state index in [1.807, 2.05) is 6.92 Å². The molecule has 1 aliphatic carbocycles. The van der Waals surface area contributed by atoms with Gasteiger partial charge >= 0.3 is 0 Å². The van der Waals surface area contributed by atoms with Crippen molar-refractivity contribution in [3.63, 3.8) is 0 Å². The summed E-state index contributed by atoms with van der Waals surface area (Å²) in [4.78, 5) is 29.5. The Balaban J connectivity index is 1.66. The third-order valence-corrected chi connectivity index (χ3v) is 6.28. The van der Waals surface area contributed by atoms with Crippen LogP contribution in [0.5, 0.6) is 5.75 Å². The summed E-state index contributed by atoms with van der Waals surface area (Å²) in [6.07, 6.45) is 1.99. The number of aliphatic hydroxyl groups is 1. The SMILES string of the molecule is CCOc1ccc2c(c1)CC(S(=O)(=O)NC(=O)/C(O)=C/C(=O)N(Cc1ccc(F)cc1)OC)=C2. The van der Waals surface area contributed by atoms with Gasteiger partial charge in [0, 0.05) is 6.42 Å². The molecular weight excluding hydrogens is 467 g/mol. The number of halogens is 1. The van der Waals surface area contributed by atoms with Crippen LogP contribution in [0, 0.1) is 5.82 Å². The van der Waals surface area contributed by atoms with Gasteiger partial charge in [0.25, 0.3) is 21.8 Å². The topological polar surface area (TPSA) is 122 Å². The average molecular weight is 491 g/mol. The Morgan fingerprint density at radius 1 is 1.21 bits per heavy atom. The highest BCUT2D eigenvalue weighted by Gasteiger charge is 2.27. The average Bonchev–Trinajstić information content (AvgIpc) is 3.23. The molecule has 0 aliphatic heterocycles. The van der Waals surface area contributed by atoms with Gasteiger partial charge in [0.05, 0.1) is 31.2 Å². The monoisotopic (exact) mass is 490 g/mol. The third-order valence-electron chi connectivity index (χ3n) is 4.88. The van der Waals surface area contributed by atoms with Crippen molar-refractivity contribution in [2.45, 2.75) is 19.9 Å². The van der Waals surface area contributed by atoms with Gasteiger partial charge in [0.2, 0.25) is 0 Å². The molecule has 2 amide bonds. The number of hydrogen-bond acceptors (Lipinski definition) is 7. The highest BCUT2D eigenvalue weighted by molar-refractivity contribution is 7.94. The summed E-state index contributed by atoms with van der Waals surface area (Å²) in [5, 5.41) is 10.8. The molecule has 0 saturated carbocycles. The van der Waals surface area contributed by atoms with E-state index < -0.39 is 33.4 Å². The quantitative estimate of drug-likeness (QED) is 0.315. The molecular formula is C23H23FN2O7S. The molecule has 0 atom stereocenters. The number of rotatable bonds is 9. The predicted octanol–water partition coefficient (Wildman–Crippen LogP) is 2.60. The number of allylic oxidation sites excluding steroid dienone is 1. The highest BCUT2D eigenvalue weighted by Crippen LogP contribution is 2.30. The maximum absolute atomic E-state index is 13.0. The molecule has 2 N–H and O–H groups in total. The van der Waals surface area contributed by atoms with Crippen LogP contribution >= 0.6 is 0 Å². The number of carbonyl (C=O) groups excluding carboxylic acids is 2. The van der Waals surface area contributed by atoms with Gasteiger partial charge < -0.3 is 9.84 Å². The van der Waals surface area contributed by atoms with E-state index in [1.165, 1.54) is 37.5 Å². The fourth-order valence-electron chi connectivity index (χ4n) is 3.20. The summed E-state index contributed by atoms with van der Waals surface area (Å²) in [6, 6.07) is 10.4. The van der Waals surface area contributed by atoms with Crippen LogP contribution < -0.4 is 9.46 Å². The first-order chi connectivity index (χ1) is 16.1. The summed E-state index contributed by atoms with van der Waals surface area (Å²) >= 11 is 0. The second-order valence-corrected chi connectivity index (χ2v) is 8.96. The Morgan fingerprint density at radius 3 is 2.56 bits per heavy atom. The smallest absolute Gasteiger partial charge is 0.300 e. The second kappa shape index (κ2) is 10.5. The summed E-state index contributed by atoms with van der Waals surface area (Å²) < 4.78 is 45.5. The Labute approximate surface area is 196 Å². The Morgan fingerprint density at radius 2 is 1.91 bits per heavy atom. The van der Waals surface area contributed by atoms with Gasteiger partial charge in [0.15, 0.2) is 5.76 Å². The first kappa shape index (κ1) is 24.9. The lowest BCUT2D eigenvalue weighted by Crippen LogP contribution is -2.34. The van der Waals surface area contributed by atoms with E-state index in [9.17, 15) is 27.5 Å². The lowest BCUT2D eigenvalue weighted by atomic mass is 10.1. The fourth-order valence-corrected chi connectivity index (χ4v) is 4.31. The molecule has 2 aromatic carbocycles. The van der Waals surface area contributed by atoms with Crippen LogP contribution in [0.3, 0.4) is 0 Å². The first-order valence-electron chi connectivity index (χ1n) is 10.2. The molecule has 0 heterocycles. The van der Waals surface area contributed by atoms with Crippen LogP contribution in [-0.2, 0) is 37.4 Å². The molecule has 11 heteroatoms. The summed E-state index contributed by atoms with van der Waals surface area (Å²) in [5.74, 6) is -3.28. The lowest BCUT2D eigenvalue weighted by molar-refractivity contribution is -0.173. The maximum atomic E-state index is 13.0. The first-order valence-corrected chi connectivity index (χ1v) is 11.7. The molecule has 0 fully saturated rings. The molecule has 0 bridgehead atoms. The Hall–Kier alpha value is -3.70. The van der Waals surface area contributed by atoms with Crippen LogP contribution in [0.2, 0.25) is 0 Å². The number of amides is 2. The summed E-state index contributed by atoms with van der Waals surface area (Å²) in [5.41, 5.74) is 1.91. The van der Waals surface area contributed by atoms with Gasteiger partial charge in [-0.2, -0.15) is 0 Å². The van der Waals surface area contributed by atoms with Crippen molar-refractivity contribution >= 4 is 27.9 Å². The van der Waals surface area contributed by atoms with E-state index in [1.54, 1.807) is 22.9 Å². The molecule has 180 valence electrons. The van der Waals surface area contributed by atoms with Crippen molar-refractivity contribution in [3.05, 3.63) is 81.7 Å². The molecule has 0 aromatic heterocycles. The molecule has 0 radical (unpaired) electrons. The molecule has 3 rings (SSSR count). The van der Waals surface area contributed by atoms with Crippen molar-refractivity contribution in [2.24, 2.45) is 0 Å². The standard InChI is InChI=1S/C23H23FN2O7S/c1-3-33-19-9-6-16-11-20(12-17(16)10-19)34(30,31)25-23(29)21(27)13-22(28)26(32-2)14-15-4-7-18(24)8-5-15/h4-11,13,27H,3,12,14H2,1-2H3,(H,25,29)/b21-13-. The number of carbonyl (C=O) groups is 2. The minimum Gasteiger partial charge on any atom is -0.503 e. The van der Waals surface area contributed by atoms with E-state index in [0.717, 1.165) is 5.06 Å². The number of nitrogens with zero attached hydrogens (tertiary/aromatic N) is 1. The van der Waals surface area contributed by atoms with E-state index in [4.69, 9.17) is 9.57 Å².